The van der Waals surface area contributed by atoms with E-state index in [1.165, 1.54) is 100 Å². The van der Waals surface area contributed by atoms with Gasteiger partial charge in [0.25, 0.3) is 6.47 Å². The first-order valence-corrected chi connectivity index (χ1v) is 13.8. The van der Waals surface area contributed by atoms with Crippen LogP contribution in [0, 0.1) is 0 Å². The van der Waals surface area contributed by atoms with E-state index in [1.54, 1.807) is 0 Å². The number of hydrogen-bond donors (Lipinski definition) is 1. The van der Waals surface area contributed by atoms with E-state index in [0.29, 0.717) is 24.1 Å². The van der Waals surface area contributed by atoms with Crippen LogP contribution in [-0.4, -0.2) is 11.6 Å². The van der Waals surface area contributed by atoms with Crippen LogP contribution in [-0.2, 0) is 10.2 Å². The second kappa shape index (κ2) is 10.5. The molecule has 0 bridgehead atoms. The normalized spacial score (nSPS) is 21.8. The predicted molar refractivity (Wildman–Crippen MR) is 137 cm³/mol. The molecule has 3 fully saturated rings. The Balaban J connectivity index is 1.58. The third-order valence-electron chi connectivity index (χ3n) is 9.11. The fourth-order valence-electron chi connectivity index (χ4n) is 7.23. The van der Waals surface area contributed by atoms with Gasteiger partial charge in [-0.05, 0) is 84.7 Å². The van der Waals surface area contributed by atoms with E-state index in [4.69, 9.17) is 4.74 Å². The van der Waals surface area contributed by atoms with Crippen molar-refractivity contribution < 1.29 is 14.6 Å². The van der Waals surface area contributed by atoms with Crippen LogP contribution < -0.4 is 4.74 Å². The maximum absolute atomic E-state index is 11.3. The van der Waals surface area contributed by atoms with E-state index in [0.717, 1.165) is 24.2 Å². The molecule has 2 aromatic rings. The molecule has 34 heavy (non-hydrogen) atoms. The number of phenols is 1. The van der Waals surface area contributed by atoms with E-state index in [-0.39, 0.29) is 5.41 Å². The summed E-state index contributed by atoms with van der Waals surface area (Å²) in [5, 5.41) is 10.8. The van der Waals surface area contributed by atoms with Gasteiger partial charge in [-0.1, -0.05) is 82.1 Å². The molecule has 3 heteroatoms. The number of aromatic hydroxyl groups is 1. The molecule has 0 unspecified atom stereocenters. The highest BCUT2D eigenvalue weighted by Gasteiger charge is 2.37. The van der Waals surface area contributed by atoms with Crippen LogP contribution in [0.15, 0.2) is 36.4 Å². The van der Waals surface area contributed by atoms with E-state index in [9.17, 15) is 9.90 Å². The van der Waals surface area contributed by atoms with Gasteiger partial charge in [-0.25, -0.2) is 0 Å². The van der Waals surface area contributed by atoms with Gasteiger partial charge in [-0.2, -0.15) is 0 Å². The summed E-state index contributed by atoms with van der Waals surface area (Å²) in [6.45, 7) is 0.578. The van der Waals surface area contributed by atoms with Crippen LogP contribution in [0.3, 0.4) is 0 Å². The molecule has 0 atom stereocenters. The van der Waals surface area contributed by atoms with Gasteiger partial charge >= 0.3 is 0 Å². The Labute approximate surface area is 204 Å². The Bertz CT molecular complexity index is 976. The highest BCUT2D eigenvalue weighted by molar-refractivity contribution is 5.53. The average molecular weight is 461 g/mol. The molecule has 0 saturated heterocycles. The van der Waals surface area contributed by atoms with Crippen molar-refractivity contribution in [2.45, 2.75) is 114 Å². The summed E-state index contributed by atoms with van der Waals surface area (Å²) in [7, 11) is 0. The van der Waals surface area contributed by atoms with Crippen molar-refractivity contribution in [1.29, 1.82) is 0 Å². The van der Waals surface area contributed by atoms with Gasteiger partial charge in [-0.15, -0.1) is 0 Å². The molecular formula is C31H40O3. The highest BCUT2D eigenvalue weighted by Crippen LogP contribution is 2.49. The fourth-order valence-corrected chi connectivity index (χ4v) is 7.23. The second-order valence-electron chi connectivity index (χ2n) is 11.1. The molecule has 3 aliphatic carbocycles. The number of benzene rings is 2. The maximum atomic E-state index is 11.3. The van der Waals surface area contributed by atoms with E-state index in [1.807, 2.05) is 12.1 Å². The van der Waals surface area contributed by atoms with Gasteiger partial charge in [0.05, 0.1) is 0 Å². The average Bonchev–Trinajstić information content (AvgIpc) is 2.91. The minimum absolute atomic E-state index is 0.0293. The lowest BCUT2D eigenvalue weighted by Crippen LogP contribution is -2.31. The minimum Gasteiger partial charge on any atom is -0.508 e. The fraction of sp³-hybridized carbons (Fsp3) is 0.581. The van der Waals surface area contributed by atoms with Crippen molar-refractivity contribution in [2.24, 2.45) is 0 Å². The van der Waals surface area contributed by atoms with Crippen molar-refractivity contribution in [3.05, 3.63) is 58.7 Å². The van der Waals surface area contributed by atoms with Crippen LogP contribution in [0.4, 0.5) is 0 Å². The van der Waals surface area contributed by atoms with Crippen molar-refractivity contribution in [2.75, 3.05) is 0 Å². The summed E-state index contributed by atoms with van der Waals surface area (Å²) < 4.78 is 5.47. The molecule has 2 aromatic carbocycles. The zero-order chi connectivity index (χ0) is 23.4. The Morgan fingerprint density at radius 3 is 1.85 bits per heavy atom. The van der Waals surface area contributed by atoms with Gasteiger partial charge in [0, 0.05) is 5.41 Å². The molecule has 3 saturated carbocycles. The number of ether oxygens (including phenoxy) is 1. The predicted octanol–water partition coefficient (Wildman–Crippen LogP) is 8.27. The lowest BCUT2D eigenvalue weighted by Gasteiger charge is -2.40. The second-order valence-corrected chi connectivity index (χ2v) is 11.1. The summed E-state index contributed by atoms with van der Waals surface area (Å²) in [6, 6.07) is 13.1. The molecule has 1 N–H and O–H groups in total. The minimum atomic E-state index is -0.0293. The van der Waals surface area contributed by atoms with Crippen molar-refractivity contribution >= 4 is 6.47 Å². The van der Waals surface area contributed by atoms with E-state index >= 15 is 0 Å². The van der Waals surface area contributed by atoms with Crippen molar-refractivity contribution in [1.82, 2.24) is 0 Å². The largest absolute Gasteiger partial charge is 0.508 e. The van der Waals surface area contributed by atoms with Gasteiger partial charge in [0.1, 0.15) is 11.5 Å². The van der Waals surface area contributed by atoms with Gasteiger partial charge < -0.3 is 9.84 Å². The van der Waals surface area contributed by atoms with Gasteiger partial charge in [0.15, 0.2) is 0 Å². The SMILES string of the molecule is O=COc1ccc(C2(c3ccc(O)c(C4CCCCC4)c3)CCCCC2)cc1C1CCCCC1. The lowest BCUT2D eigenvalue weighted by atomic mass is 9.64. The molecule has 0 aliphatic heterocycles. The highest BCUT2D eigenvalue weighted by atomic mass is 16.5. The molecule has 182 valence electrons. The standard InChI is InChI=1S/C31H40O3/c32-22-34-30-17-15-26(21-28(30)24-12-6-2-7-13-24)31(18-8-3-9-19-31)25-14-16-29(33)27(20-25)23-10-4-1-5-11-23/h14-17,20-24,33H,1-13,18-19H2. The Morgan fingerprint density at radius 2 is 1.24 bits per heavy atom. The first-order chi connectivity index (χ1) is 16.7. The smallest absolute Gasteiger partial charge is 0.298 e. The quantitative estimate of drug-likeness (QED) is 0.441. The van der Waals surface area contributed by atoms with Crippen LogP contribution in [0.2, 0.25) is 0 Å². The van der Waals surface area contributed by atoms with E-state index in [2.05, 4.69) is 24.3 Å². The molecule has 0 radical (unpaired) electrons. The van der Waals surface area contributed by atoms with Crippen molar-refractivity contribution in [3.63, 3.8) is 0 Å². The third kappa shape index (κ3) is 4.63. The monoisotopic (exact) mass is 460 g/mol. The van der Waals surface area contributed by atoms with Crippen LogP contribution in [0.1, 0.15) is 130 Å². The number of carbonyl (C=O) groups is 1. The first-order valence-electron chi connectivity index (χ1n) is 13.8. The molecule has 3 nitrogen and oxygen atoms in total. The van der Waals surface area contributed by atoms with Crippen LogP contribution in [0.25, 0.3) is 0 Å². The molecule has 0 spiro atoms. The van der Waals surface area contributed by atoms with Gasteiger partial charge in [0.2, 0.25) is 0 Å². The molecule has 0 aromatic heterocycles. The summed E-state index contributed by atoms with van der Waals surface area (Å²) in [4.78, 5) is 11.3. The zero-order valence-electron chi connectivity index (χ0n) is 20.6. The first kappa shape index (κ1) is 23.5. The molecule has 5 rings (SSSR count). The Kier molecular flexibility index (Phi) is 7.27. The maximum Gasteiger partial charge on any atom is 0.298 e. The number of rotatable bonds is 6. The summed E-state index contributed by atoms with van der Waals surface area (Å²) in [5.41, 5.74) is 5.09. The zero-order valence-corrected chi connectivity index (χ0v) is 20.6. The van der Waals surface area contributed by atoms with Crippen LogP contribution in [0.5, 0.6) is 11.5 Å². The number of hydrogen-bond acceptors (Lipinski definition) is 3. The number of phenolic OH excluding ortho intramolecular Hbond substituents is 1. The van der Waals surface area contributed by atoms with E-state index < -0.39 is 0 Å². The Hall–Kier alpha value is -2.29. The molecule has 0 amide bonds. The summed E-state index contributed by atoms with van der Waals surface area (Å²) in [6.07, 6.45) is 18.4. The number of carbonyl (C=O) groups excluding carboxylic acids is 1. The van der Waals surface area contributed by atoms with Crippen LogP contribution >= 0.6 is 0 Å². The summed E-state index contributed by atoms with van der Waals surface area (Å²) in [5.74, 6) is 2.17. The molecule has 3 aliphatic rings. The molecule has 0 heterocycles. The van der Waals surface area contributed by atoms with Gasteiger partial charge in [-0.3, -0.25) is 4.79 Å². The summed E-state index contributed by atoms with van der Waals surface area (Å²) >= 11 is 0. The van der Waals surface area contributed by atoms with Crippen molar-refractivity contribution in [3.8, 4) is 11.5 Å². The lowest BCUT2D eigenvalue weighted by molar-refractivity contribution is -0.120. The Morgan fingerprint density at radius 1 is 0.706 bits per heavy atom. The molecular weight excluding hydrogens is 420 g/mol. The third-order valence-corrected chi connectivity index (χ3v) is 9.11. The topological polar surface area (TPSA) is 46.5 Å².